The Morgan fingerprint density at radius 3 is 2.14 bits per heavy atom. The zero-order chi connectivity index (χ0) is 15.9. The van der Waals surface area contributed by atoms with Crippen molar-refractivity contribution in [1.29, 1.82) is 0 Å². The molecule has 2 unspecified atom stereocenters. The van der Waals surface area contributed by atoms with Crippen molar-refractivity contribution < 1.29 is 30.7 Å². The first-order valence-corrected chi connectivity index (χ1v) is 7.84. The Bertz CT molecular complexity index is 280. The number of carbonyl (C=O) groups is 1. The number of rotatable bonds is 14. The first-order chi connectivity index (χ1) is 10.2. The van der Waals surface area contributed by atoms with E-state index in [9.17, 15) is 9.59 Å². The zero-order valence-electron chi connectivity index (χ0n) is 14.0. The average Bonchev–Trinajstić information content (AvgIpc) is 2.51. The van der Waals surface area contributed by atoms with Gasteiger partial charge in [-0.2, -0.15) is 0 Å². The quantitative estimate of drug-likeness (QED) is 0.206. The zero-order valence-corrected chi connectivity index (χ0v) is 17.0. The molecule has 0 fully saturated rings. The SMILES string of the molecule is CNCCCCC(NC)C(=O)NCCCCC([C-]=O)NC.[W]. The second kappa shape index (κ2) is 17.1. The van der Waals surface area contributed by atoms with Gasteiger partial charge in [0, 0.05) is 27.6 Å². The molecule has 1 amide bonds. The minimum absolute atomic E-state index is 0. The van der Waals surface area contributed by atoms with E-state index >= 15 is 0 Å². The van der Waals surface area contributed by atoms with Gasteiger partial charge in [0.05, 0.1) is 6.04 Å². The predicted molar refractivity (Wildman–Crippen MR) is 86.0 cm³/mol. The second-order valence-electron chi connectivity index (χ2n) is 5.19. The molecule has 0 aromatic carbocycles. The minimum Gasteiger partial charge on any atom is -0.540 e. The fourth-order valence-corrected chi connectivity index (χ4v) is 2.13. The average molecular weight is 483 g/mol. The number of hydrogen-bond acceptors (Lipinski definition) is 5. The molecule has 7 heteroatoms. The molecule has 0 aliphatic carbocycles. The van der Waals surface area contributed by atoms with Crippen molar-refractivity contribution in [3.8, 4) is 0 Å². The van der Waals surface area contributed by atoms with E-state index in [0.717, 1.165) is 45.1 Å². The summed E-state index contributed by atoms with van der Waals surface area (Å²) in [5.41, 5.74) is 0. The van der Waals surface area contributed by atoms with Gasteiger partial charge >= 0.3 is 0 Å². The summed E-state index contributed by atoms with van der Waals surface area (Å²) >= 11 is 0. The van der Waals surface area contributed by atoms with Crippen molar-refractivity contribution in [2.45, 2.75) is 50.6 Å². The second-order valence-corrected chi connectivity index (χ2v) is 5.19. The summed E-state index contributed by atoms with van der Waals surface area (Å²) in [4.78, 5) is 22.5. The summed E-state index contributed by atoms with van der Waals surface area (Å²) in [5, 5.41) is 12.0. The Kier molecular flexibility index (Phi) is 18.6. The summed E-state index contributed by atoms with van der Waals surface area (Å²) in [6.45, 7) is 1.64. The van der Waals surface area contributed by atoms with Gasteiger partial charge in [-0.1, -0.05) is 25.3 Å². The van der Waals surface area contributed by atoms with Crippen LogP contribution in [0.25, 0.3) is 0 Å². The van der Waals surface area contributed by atoms with Crippen LogP contribution in [0.2, 0.25) is 0 Å². The fraction of sp³-hybridized carbons (Fsp3) is 0.867. The molecule has 0 saturated heterocycles. The van der Waals surface area contributed by atoms with Crippen LogP contribution in [0.4, 0.5) is 0 Å². The maximum Gasteiger partial charge on any atom is 0.237 e. The van der Waals surface area contributed by atoms with Crippen LogP contribution in [-0.2, 0) is 30.7 Å². The first-order valence-electron chi connectivity index (χ1n) is 7.84. The predicted octanol–water partition coefficient (Wildman–Crippen LogP) is -0.0542. The molecule has 0 bridgehead atoms. The van der Waals surface area contributed by atoms with Gasteiger partial charge in [0.25, 0.3) is 0 Å². The molecule has 0 heterocycles. The molecule has 6 nitrogen and oxygen atoms in total. The number of likely N-dealkylation sites (N-methyl/N-ethyl adjacent to an activating group) is 2. The molecule has 2 atom stereocenters. The number of hydrogen-bond donors (Lipinski definition) is 4. The Labute approximate surface area is 149 Å². The Morgan fingerprint density at radius 2 is 1.59 bits per heavy atom. The summed E-state index contributed by atoms with van der Waals surface area (Å²) in [7, 11) is 5.51. The van der Waals surface area contributed by atoms with Gasteiger partial charge in [-0.25, -0.2) is 6.29 Å². The smallest absolute Gasteiger partial charge is 0.237 e. The maximum absolute atomic E-state index is 12.0. The van der Waals surface area contributed by atoms with E-state index in [2.05, 4.69) is 21.3 Å². The van der Waals surface area contributed by atoms with Crippen LogP contribution in [0, 0.1) is 0 Å². The Hall–Kier alpha value is -0.292. The Morgan fingerprint density at radius 1 is 0.955 bits per heavy atom. The summed E-state index contributed by atoms with van der Waals surface area (Å²) in [6, 6.07) is -0.312. The fourth-order valence-electron chi connectivity index (χ4n) is 2.13. The third-order valence-corrected chi connectivity index (χ3v) is 3.54. The van der Waals surface area contributed by atoms with Crippen LogP contribution in [0.1, 0.15) is 38.5 Å². The number of nitrogens with one attached hydrogen (secondary N) is 4. The number of carbonyl (C=O) groups excluding carboxylic acids is 2. The van der Waals surface area contributed by atoms with E-state index in [0.29, 0.717) is 6.54 Å². The van der Waals surface area contributed by atoms with Crippen LogP contribution >= 0.6 is 0 Å². The van der Waals surface area contributed by atoms with Crippen LogP contribution < -0.4 is 21.3 Å². The topological polar surface area (TPSA) is 82.3 Å². The van der Waals surface area contributed by atoms with Gasteiger partial charge in [-0.05, 0) is 47.0 Å². The van der Waals surface area contributed by atoms with E-state index in [-0.39, 0.29) is 39.1 Å². The van der Waals surface area contributed by atoms with Crippen molar-refractivity contribution in [3.63, 3.8) is 0 Å². The van der Waals surface area contributed by atoms with Crippen molar-refractivity contribution in [3.05, 3.63) is 0 Å². The third kappa shape index (κ3) is 12.3. The molecule has 0 saturated carbocycles. The molecule has 0 radical (unpaired) electrons. The minimum atomic E-state index is -0.196. The normalized spacial score (nSPS) is 13.0. The van der Waals surface area contributed by atoms with Gasteiger partial charge in [0.2, 0.25) is 5.91 Å². The molecule has 22 heavy (non-hydrogen) atoms. The van der Waals surface area contributed by atoms with E-state index in [1.165, 1.54) is 0 Å². The van der Waals surface area contributed by atoms with Gasteiger partial charge in [-0.3, -0.25) is 4.79 Å². The van der Waals surface area contributed by atoms with Crippen molar-refractivity contribution in [2.24, 2.45) is 0 Å². The van der Waals surface area contributed by atoms with Crippen LogP contribution in [0.3, 0.4) is 0 Å². The van der Waals surface area contributed by atoms with E-state index in [1.54, 1.807) is 7.05 Å². The molecule has 4 N–H and O–H groups in total. The van der Waals surface area contributed by atoms with E-state index in [4.69, 9.17) is 0 Å². The monoisotopic (exact) mass is 483 g/mol. The molecule has 0 aromatic rings. The molecule has 130 valence electrons. The van der Waals surface area contributed by atoms with Crippen LogP contribution in [0.5, 0.6) is 0 Å². The molecule has 0 aliphatic rings. The van der Waals surface area contributed by atoms with Crippen molar-refractivity contribution in [2.75, 3.05) is 34.2 Å². The van der Waals surface area contributed by atoms with Gasteiger partial charge in [0.15, 0.2) is 0 Å². The molecule has 0 spiro atoms. The molecule has 0 rings (SSSR count). The molecular weight excluding hydrogens is 452 g/mol. The summed E-state index contributed by atoms with van der Waals surface area (Å²) in [6.07, 6.45) is 7.44. The Balaban J connectivity index is 0. The summed E-state index contributed by atoms with van der Waals surface area (Å²) < 4.78 is 0. The van der Waals surface area contributed by atoms with Gasteiger partial charge in [0.1, 0.15) is 0 Å². The largest absolute Gasteiger partial charge is 0.540 e. The van der Waals surface area contributed by atoms with Gasteiger partial charge in [-0.15, -0.1) is 0 Å². The van der Waals surface area contributed by atoms with Crippen molar-refractivity contribution >= 4 is 12.2 Å². The van der Waals surface area contributed by atoms with Crippen LogP contribution in [-0.4, -0.2) is 58.5 Å². The summed E-state index contributed by atoms with van der Waals surface area (Å²) in [5.74, 6) is 0.0640. The molecule has 0 aliphatic heterocycles. The standard InChI is InChI=1S/C15H31N4O2.W/c1-16-10-6-5-9-14(18-3)15(21)19-11-7-4-8-13(12-20)17-2;/h13-14,16-18H,4-11H2,1-3H3,(H,19,21);/q-1;. The first kappa shape index (κ1) is 24.0. The van der Waals surface area contributed by atoms with E-state index in [1.807, 2.05) is 20.4 Å². The maximum atomic E-state index is 12.0. The number of unbranched alkanes of at least 4 members (excludes halogenated alkanes) is 2. The van der Waals surface area contributed by atoms with Crippen molar-refractivity contribution in [1.82, 2.24) is 21.3 Å². The van der Waals surface area contributed by atoms with Crippen LogP contribution in [0.15, 0.2) is 0 Å². The molecular formula is C15H31N4O2W-. The molecule has 0 aromatic heterocycles. The van der Waals surface area contributed by atoms with Gasteiger partial charge < -0.3 is 26.1 Å². The third-order valence-electron chi connectivity index (χ3n) is 3.54. The number of amides is 1. The van der Waals surface area contributed by atoms with E-state index < -0.39 is 0 Å².